The van der Waals surface area contributed by atoms with Crippen molar-refractivity contribution in [1.29, 1.82) is 0 Å². The van der Waals surface area contributed by atoms with Crippen molar-refractivity contribution in [2.75, 3.05) is 6.61 Å². The van der Waals surface area contributed by atoms with E-state index in [1.54, 1.807) is 13.0 Å². The highest BCUT2D eigenvalue weighted by atomic mass is 16.5. The maximum atomic E-state index is 12.0. The molecule has 0 fully saturated rings. The number of para-hydroxylation sites is 1. The number of nitrogens with zero attached hydrogens (tertiary/aromatic N) is 2. The van der Waals surface area contributed by atoms with E-state index in [0.717, 1.165) is 5.56 Å². The third kappa shape index (κ3) is 3.98. The van der Waals surface area contributed by atoms with Gasteiger partial charge in [-0.05, 0) is 17.7 Å². The summed E-state index contributed by atoms with van der Waals surface area (Å²) in [6, 6.07) is 17.0. The molecule has 0 atom stereocenters. The largest absolute Gasteiger partial charge is 0.483 e. The average Bonchev–Trinajstić information content (AvgIpc) is 3.05. The quantitative estimate of drug-likeness (QED) is 0.755. The van der Waals surface area contributed by atoms with Gasteiger partial charge in [-0.2, -0.15) is 4.98 Å². The normalized spacial score (nSPS) is 10.4. The Morgan fingerprint density at radius 1 is 1.12 bits per heavy atom. The van der Waals surface area contributed by atoms with E-state index >= 15 is 0 Å². The minimum absolute atomic E-state index is 0.0827. The number of ether oxygens (including phenoxy) is 1. The van der Waals surface area contributed by atoms with Crippen LogP contribution < -0.4 is 10.1 Å². The molecule has 0 unspecified atom stereocenters. The summed E-state index contributed by atoms with van der Waals surface area (Å²) in [6.07, 6.45) is 0. The van der Waals surface area contributed by atoms with Crippen molar-refractivity contribution in [3.05, 3.63) is 66.1 Å². The molecule has 1 N–H and O–H groups in total. The molecule has 24 heavy (non-hydrogen) atoms. The summed E-state index contributed by atoms with van der Waals surface area (Å²) in [4.78, 5) is 16.1. The molecule has 122 valence electrons. The fourth-order valence-corrected chi connectivity index (χ4v) is 2.18. The second-order valence-corrected chi connectivity index (χ2v) is 5.18. The summed E-state index contributed by atoms with van der Waals surface area (Å²) in [5.41, 5.74) is 1.72. The van der Waals surface area contributed by atoms with E-state index in [0.29, 0.717) is 29.6 Å². The highest BCUT2D eigenvalue weighted by Crippen LogP contribution is 2.27. The first-order valence-electron chi connectivity index (χ1n) is 7.55. The molecular weight excluding hydrogens is 306 g/mol. The number of rotatable bonds is 6. The van der Waals surface area contributed by atoms with Crippen molar-refractivity contribution in [3.8, 4) is 17.1 Å². The summed E-state index contributed by atoms with van der Waals surface area (Å²) in [7, 11) is 0. The number of hydrogen-bond donors (Lipinski definition) is 1. The van der Waals surface area contributed by atoms with Crippen molar-refractivity contribution in [2.45, 2.75) is 13.5 Å². The highest BCUT2D eigenvalue weighted by molar-refractivity contribution is 5.78. The van der Waals surface area contributed by atoms with Gasteiger partial charge in [0, 0.05) is 13.5 Å². The van der Waals surface area contributed by atoms with Crippen LogP contribution in [0.2, 0.25) is 0 Å². The van der Waals surface area contributed by atoms with E-state index in [2.05, 4.69) is 15.5 Å². The molecule has 0 saturated carbocycles. The van der Waals surface area contributed by atoms with Gasteiger partial charge in [0.15, 0.2) is 6.61 Å². The van der Waals surface area contributed by atoms with Gasteiger partial charge < -0.3 is 14.6 Å². The van der Waals surface area contributed by atoms with Crippen LogP contribution in [0.5, 0.6) is 5.75 Å². The maximum absolute atomic E-state index is 12.0. The molecule has 1 aromatic heterocycles. The number of hydrogen-bond acceptors (Lipinski definition) is 5. The predicted molar refractivity (Wildman–Crippen MR) is 88.3 cm³/mol. The summed E-state index contributed by atoms with van der Waals surface area (Å²) >= 11 is 0. The molecule has 0 aliphatic carbocycles. The molecule has 0 aliphatic rings. The Kier molecular flexibility index (Phi) is 4.86. The van der Waals surface area contributed by atoms with E-state index in [-0.39, 0.29) is 12.5 Å². The van der Waals surface area contributed by atoms with Gasteiger partial charge in [-0.25, -0.2) is 0 Å². The summed E-state index contributed by atoms with van der Waals surface area (Å²) < 4.78 is 10.6. The van der Waals surface area contributed by atoms with Crippen molar-refractivity contribution in [1.82, 2.24) is 15.5 Å². The van der Waals surface area contributed by atoms with Crippen molar-refractivity contribution < 1.29 is 14.1 Å². The van der Waals surface area contributed by atoms with Crippen LogP contribution in [0.15, 0.2) is 59.1 Å². The zero-order valence-electron chi connectivity index (χ0n) is 13.2. The fourth-order valence-electron chi connectivity index (χ4n) is 2.18. The molecule has 0 radical (unpaired) electrons. The monoisotopic (exact) mass is 323 g/mol. The van der Waals surface area contributed by atoms with Gasteiger partial charge in [0.25, 0.3) is 5.91 Å². The SMILES string of the molecule is Cc1nc(-c2ccccc2OCC(=O)NCc2ccccc2)no1. The van der Waals surface area contributed by atoms with Gasteiger partial charge in [0.05, 0.1) is 5.56 Å². The smallest absolute Gasteiger partial charge is 0.258 e. The Balaban J connectivity index is 1.59. The van der Waals surface area contributed by atoms with Crippen LogP contribution in [-0.4, -0.2) is 22.7 Å². The van der Waals surface area contributed by atoms with Crippen LogP contribution in [0.25, 0.3) is 11.4 Å². The van der Waals surface area contributed by atoms with Crippen LogP contribution in [0.4, 0.5) is 0 Å². The van der Waals surface area contributed by atoms with E-state index in [4.69, 9.17) is 9.26 Å². The lowest BCUT2D eigenvalue weighted by Gasteiger charge is -2.10. The number of carbonyl (C=O) groups excluding carboxylic acids is 1. The molecule has 0 aliphatic heterocycles. The molecule has 1 amide bonds. The molecule has 2 aromatic carbocycles. The van der Waals surface area contributed by atoms with Crippen LogP contribution >= 0.6 is 0 Å². The fraction of sp³-hybridized carbons (Fsp3) is 0.167. The molecule has 3 rings (SSSR count). The van der Waals surface area contributed by atoms with E-state index in [1.807, 2.05) is 48.5 Å². The van der Waals surface area contributed by atoms with Crippen LogP contribution in [-0.2, 0) is 11.3 Å². The van der Waals surface area contributed by atoms with E-state index in [1.165, 1.54) is 0 Å². The predicted octanol–water partition coefficient (Wildman–Crippen LogP) is 2.74. The first-order chi connectivity index (χ1) is 11.7. The molecule has 0 spiro atoms. The van der Waals surface area contributed by atoms with Crippen molar-refractivity contribution in [2.24, 2.45) is 0 Å². The molecule has 0 saturated heterocycles. The topological polar surface area (TPSA) is 77.2 Å². The van der Waals surface area contributed by atoms with Crippen LogP contribution in [0.1, 0.15) is 11.5 Å². The van der Waals surface area contributed by atoms with Crippen LogP contribution in [0.3, 0.4) is 0 Å². The highest BCUT2D eigenvalue weighted by Gasteiger charge is 2.12. The number of nitrogens with one attached hydrogen (secondary N) is 1. The number of carbonyl (C=O) groups is 1. The Morgan fingerprint density at radius 2 is 1.88 bits per heavy atom. The number of benzene rings is 2. The van der Waals surface area contributed by atoms with Gasteiger partial charge in [-0.15, -0.1) is 0 Å². The Morgan fingerprint density at radius 3 is 2.62 bits per heavy atom. The van der Waals surface area contributed by atoms with Gasteiger partial charge in [-0.1, -0.05) is 47.6 Å². The van der Waals surface area contributed by atoms with Crippen LogP contribution in [0, 0.1) is 6.92 Å². The van der Waals surface area contributed by atoms with Gasteiger partial charge >= 0.3 is 0 Å². The summed E-state index contributed by atoms with van der Waals surface area (Å²) in [6.45, 7) is 2.10. The molecule has 6 nitrogen and oxygen atoms in total. The lowest BCUT2D eigenvalue weighted by molar-refractivity contribution is -0.123. The third-order valence-corrected chi connectivity index (χ3v) is 3.35. The van der Waals surface area contributed by atoms with Crippen molar-refractivity contribution >= 4 is 5.91 Å². The minimum atomic E-state index is -0.196. The first kappa shape index (κ1) is 15.7. The second kappa shape index (κ2) is 7.41. The molecule has 3 aromatic rings. The van der Waals surface area contributed by atoms with E-state index < -0.39 is 0 Å². The molecule has 0 bridgehead atoms. The van der Waals surface area contributed by atoms with Gasteiger partial charge in [0.2, 0.25) is 11.7 Å². The summed E-state index contributed by atoms with van der Waals surface area (Å²) in [5, 5.41) is 6.70. The van der Waals surface area contributed by atoms with Crippen molar-refractivity contribution in [3.63, 3.8) is 0 Å². The Hall–Kier alpha value is -3.15. The second-order valence-electron chi connectivity index (χ2n) is 5.18. The molecule has 6 heteroatoms. The van der Waals surface area contributed by atoms with E-state index in [9.17, 15) is 4.79 Å². The minimum Gasteiger partial charge on any atom is -0.483 e. The standard InChI is InChI=1S/C18H17N3O3/c1-13-20-18(21-24-13)15-9-5-6-10-16(15)23-12-17(22)19-11-14-7-3-2-4-8-14/h2-10H,11-12H2,1H3,(H,19,22). The molecular formula is C18H17N3O3. The average molecular weight is 323 g/mol. The zero-order chi connectivity index (χ0) is 16.8. The third-order valence-electron chi connectivity index (χ3n) is 3.35. The summed E-state index contributed by atoms with van der Waals surface area (Å²) in [5.74, 6) is 1.25. The zero-order valence-corrected chi connectivity index (χ0v) is 13.2. The van der Waals surface area contributed by atoms with Gasteiger partial charge in [-0.3, -0.25) is 4.79 Å². The first-order valence-corrected chi connectivity index (χ1v) is 7.55. The lowest BCUT2D eigenvalue weighted by atomic mass is 10.2. The number of aryl methyl sites for hydroxylation is 1. The Labute approximate surface area is 139 Å². The maximum Gasteiger partial charge on any atom is 0.258 e. The van der Waals surface area contributed by atoms with Gasteiger partial charge in [0.1, 0.15) is 5.75 Å². The Bertz CT molecular complexity index is 815. The lowest BCUT2D eigenvalue weighted by Crippen LogP contribution is -2.28. The molecule has 1 heterocycles. The number of amides is 1. The number of aromatic nitrogens is 2.